The summed E-state index contributed by atoms with van der Waals surface area (Å²) in [6, 6.07) is 11.4. The molecule has 0 spiro atoms. The average molecular weight is 256 g/mol. The molecule has 0 saturated carbocycles. The van der Waals surface area contributed by atoms with Gasteiger partial charge in [-0.25, -0.2) is 9.78 Å². The van der Waals surface area contributed by atoms with Crippen molar-refractivity contribution in [2.24, 2.45) is 0 Å². The van der Waals surface area contributed by atoms with Gasteiger partial charge in [-0.2, -0.15) is 0 Å². The number of hydrogen-bond acceptors (Lipinski definition) is 3. The van der Waals surface area contributed by atoms with Gasteiger partial charge in [0.2, 0.25) is 0 Å². The normalized spacial score (nSPS) is 10.2. The lowest BCUT2D eigenvalue weighted by Gasteiger charge is -2.07. The number of anilines is 2. The summed E-state index contributed by atoms with van der Waals surface area (Å²) in [6.07, 6.45) is 3.73. The lowest BCUT2D eigenvalue weighted by atomic mass is 10.1. The minimum atomic E-state index is -1.02. The Kier molecular flexibility index (Phi) is 4.13. The number of carboxylic acid groups (broad SMARTS) is 1. The summed E-state index contributed by atoms with van der Waals surface area (Å²) in [5.41, 5.74) is 3.09. The van der Waals surface area contributed by atoms with E-state index < -0.39 is 5.97 Å². The fourth-order valence-electron chi connectivity index (χ4n) is 1.80. The van der Waals surface area contributed by atoms with E-state index in [1.807, 2.05) is 12.1 Å². The second kappa shape index (κ2) is 6.00. The van der Waals surface area contributed by atoms with Crippen LogP contribution in [0.3, 0.4) is 0 Å². The summed E-state index contributed by atoms with van der Waals surface area (Å²) in [5, 5.41) is 11.9. The Morgan fingerprint density at radius 1 is 1.16 bits per heavy atom. The minimum Gasteiger partial charge on any atom is -0.477 e. The maximum atomic E-state index is 10.7. The molecule has 4 heteroatoms. The zero-order chi connectivity index (χ0) is 13.7. The topological polar surface area (TPSA) is 62.2 Å². The van der Waals surface area contributed by atoms with Crippen LogP contribution in [-0.4, -0.2) is 16.1 Å². The standard InChI is InChI=1S/C15H16N2O2/c1-2-3-11-4-6-12(7-5-11)17-13-8-9-14(15(18)19)16-10-13/h4-10,17H,2-3H2,1H3,(H,18,19). The number of carbonyl (C=O) groups is 1. The first-order chi connectivity index (χ1) is 9.19. The molecule has 0 bridgehead atoms. The first-order valence-corrected chi connectivity index (χ1v) is 6.24. The highest BCUT2D eigenvalue weighted by Gasteiger charge is 2.03. The molecule has 0 aliphatic rings. The van der Waals surface area contributed by atoms with Gasteiger partial charge in [0.1, 0.15) is 5.69 Å². The molecule has 2 aromatic rings. The van der Waals surface area contributed by atoms with Crippen molar-refractivity contribution in [1.82, 2.24) is 4.98 Å². The monoisotopic (exact) mass is 256 g/mol. The van der Waals surface area contributed by atoms with E-state index in [-0.39, 0.29) is 5.69 Å². The van der Waals surface area contributed by atoms with Gasteiger partial charge in [-0.1, -0.05) is 25.5 Å². The Labute approximate surface area is 112 Å². The molecule has 0 radical (unpaired) electrons. The van der Waals surface area contributed by atoms with Crippen LogP contribution in [0.1, 0.15) is 29.4 Å². The molecule has 0 amide bonds. The van der Waals surface area contributed by atoms with Gasteiger partial charge in [-0.3, -0.25) is 0 Å². The molecule has 2 N–H and O–H groups in total. The van der Waals surface area contributed by atoms with E-state index in [9.17, 15) is 4.79 Å². The van der Waals surface area contributed by atoms with E-state index in [0.29, 0.717) is 0 Å². The third-order valence-corrected chi connectivity index (χ3v) is 2.76. The number of aromatic carboxylic acids is 1. The van der Waals surface area contributed by atoms with Gasteiger partial charge in [0.15, 0.2) is 0 Å². The molecule has 2 rings (SSSR count). The molecule has 1 aromatic carbocycles. The third-order valence-electron chi connectivity index (χ3n) is 2.76. The van der Waals surface area contributed by atoms with Crippen molar-refractivity contribution < 1.29 is 9.90 Å². The number of nitrogens with one attached hydrogen (secondary N) is 1. The van der Waals surface area contributed by atoms with Gasteiger partial charge in [0.05, 0.1) is 11.9 Å². The van der Waals surface area contributed by atoms with E-state index in [4.69, 9.17) is 5.11 Å². The number of aryl methyl sites for hydroxylation is 1. The van der Waals surface area contributed by atoms with Crippen LogP contribution >= 0.6 is 0 Å². The third kappa shape index (κ3) is 3.55. The molecule has 1 aromatic heterocycles. The molecule has 0 aliphatic heterocycles. The number of hydrogen-bond donors (Lipinski definition) is 2. The lowest BCUT2D eigenvalue weighted by molar-refractivity contribution is 0.0690. The van der Waals surface area contributed by atoms with Crippen LogP contribution in [0.5, 0.6) is 0 Å². The van der Waals surface area contributed by atoms with E-state index in [1.165, 1.54) is 17.8 Å². The number of rotatable bonds is 5. The van der Waals surface area contributed by atoms with Crippen LogP contribution in [0.2, 0.25) is 0 Å². The van der Waals surface area contributed by atoms with Crippen molar-refractivity contribution in [3.05, 3.63) is 53.9 Å². The lowest BCUT2D eigenvalue weighted by Crippen LogP contribution is -2.00. The molecular formula is C15H16N2O2. The Morgan fingerprint density at radius 2 is 1.84 bits per heavy atom. The molecule has 98 valence electrons. The van der Waals surface area contributed by atoms with E-state index in [0.717, 1.165) is 24.2 Å². The van der Waals surface area contributed by atoms with Crippen molar-refractivity contribution in [2.75, 3.05) is 5.32 Å². The Balaban J connectivity index is 2.06. The molecule has 0 aliphatic carbocycles. The predicted octanol–water partition coefficient (Wildman–Crippen LogP) is 3.48. The SMILES string of the molecule is CCCc1ccc(Nc2ccc(C(=O)O)nc2)cc1. The Hall–Kier alpha value is -2.36. The summed E-state index contributed by atoms with van der Waals surface area (Å²) in [6.45, 7) is 2.15. The smallest absolute Gasteiger partial charge is 0.354 e. The second-order valence-corrected chi connectivity index (χ2v) is 4.31. The van der Waals surface area contributed by atoms with Crippen LogP contribution in [0, 0.1) is 0 Å². The largest absolute Gasteiger partial charge is 0.477 e. The highest BCUT2D eigenvalue weighted by Crippen LogP contribution is 2.17. The van der Waals surface area contributed by atoms with Gasteiger partial charge in [0, 0.05) is 5.69 Å². The highest BCUT2D eigenvalue weighted by atomic mass is 16.4. The minimum absolute atomic E-state index is 0.0452. The van der Waals surface area contributed by atoms with Crippen molar-refractivity contribution in [2.45, 2.75) is 19.8 Å². The van der Waals surface area contributed by atoms with Crippen molar-refractivity contribution in [3.63, 3.8) is 0 Å². The maximum absolute atomic E-state index is 10.7. The van der Waals surface area contributed by atoms with Gasteiger partial charge in [-0.05, 0) is 36.2 Å². The van der Waals surface area contributed by atoms with Gasteiger partial charge in [0.25, 0.3) is 0 Å². The van der Waals surface area contributed by atoms with Crippen molar-refractivity contribution in [3.8, 4) is 0 Å². The van der Waals surface area contributed by atoms with Crippen LogP contribution in [0.25, 0.3) is 0 Å². The van der Waals surface area contributed by atoms with Gasteiger partial charge in [-0.15, -0.1) is 0 Å². The molecule has 0 unspecified atom stereocenters. The molecule has 19 heavy (non-hydrogen) atoms. The average Bonchev–Trinajstić information content (AvgIpc) is 2.42. The summed E-state index contributed by atoms with van der Waals surface area (Å²) < 4.78 is 0. The van der Waals surface area contributed by atoms with Crippen LogP contribution in [-0.2, 0) is 6.42 Å². The Bertz CT molecular complexity index is 547. The summed E-state index contributed by atoms with van der Waals surface area (Å²) in [4.78, 5) is 14.5. The summed E-state index contributed by atoms with van der Waals surface area (Å²) in [5.74, 6) is -1.02. The molecule has 0 atom stereocenters. The van der Waals surface area contributed by atoms with Crippen molar-refractivity contribution in [1.29, 1.82) is 0 Å². The van der Waals surface area contributed by atoms with Crippen LogP contribution in [0.4, 0.5) is 11.4 Å². The summed E-state index contributed by atoms with van der Waals surface area (Å²) >= 11 is 0. The number of benzene rings is 1. The fourth-order valence-corrected chi connectivity index (χ4v) is 1.80. The quantitative estimate of drug-likeness (QED) is 0.859. The van der Waals surface area contributed by atoms with Gasteiger partial charge < -0.3 is 10.4 Å². The van der Waals surface area contributed by atoms with E-state index in [2.05, 4.69) is 29.4 Å². The molecule has 0 fully saturated rings. The highest BCUT2D eigenvalue weighted by molar-refractivity contribution is 5.85. The first-order valence-electron chi connectivity index (χ1n) is 6.24. The maximum Gasteiger partial charge on any atom is 0.354 e. The zero-order valence-corrected chi connectivity index (χ0v) is 10.8. The van der Waals surface area contributed by atoms with Crippen LogP contribution in [0.15, 0.2) is 42.6 Å². The number of carboxylic acids is 1. The summed E-state index contributed by atoms with van der Waals surface area (Å²) in [7, 11) is 0. The van der Waals surface area contributed by atoms with E-state index in [1.54, 1.807) is 6.07 Å². The van der Waals surface area contributed by atoms with Gasteiger partial charge >= 0.3 is 5.97 Å². The molecular weight excluding hydrogens is 240 g/mol. The molecule has 1 heterocycles. The number of pyridine rings is 1. The predicted molar refractivity (Wildman–Crippen MR) is 74.9 cm³/mol. The zero-order valence-electron chi connectivity index (χ0n) is 10.8. The number of nitrogens with zero attached hydrogens (tertiary/aromatic N) is 1. The van der Waals surface area contributed by atoms with E-state index >= 15 is 0 Å². The number of aromatic nitrogens is 1. The second-order valence-electron chi connectivity index (χ2n) is 4.31. The first kappa shape index (κ1) is 13.1. The fraction of sp³-hybridized carbons (Fsp3) is 0.200. The van der Waals surface area contributed by atoms with Crippen molar-refractivity contribution >= 4 is 17.3 Å². The molecule has 4 nitrogen and oxygen atoms in total. The molecule has 0 saturated heterocycles. The van der Waals surface area contributed by atoms with Crippen LogP contribution < -0.4 is 5.32 Å². The Morgan fingerprint density at radius 3 is 2.37 bits per heavy atom.